The Morgan fingerprint density at radius 3 is 2.71 bits per heavy atom. The zero-order chi connectivity index (χ0) is 12.1. The number of thioether (sulfide) groups is 2. The molecule has 98 valence electrons. The van der Waals surface area contributed by atoms with Gasteiger partial charge in [-0.15, -0.1) is 0 Å². The van der Waals surface area contributed by atoms with Crippen LogP contribution < -0.4 is 5.32 Å². The third-order valence-electron chi connectivity index (χ3n) is 3.58. The average Bonchev–Trinajstić information content (AvgIpc) is 2.63. The summed E-state index contributed by atoms with van der Waals surface area (Å²) in [5, 5.41) is 2.73. The van der Waals surface area contributed by atoms with Crippen molar-refractivity contribution >= 4 is 29.4 Å². The molecule has 0 aromatic rings. The van der Waals surface area contributed by atoms with Crippen LogP contribution in [0.4, 0.5) is 0 Å². The first-order chi connectivity index (χ1) is 8.29. The van der Waals surface area contributed by atoms with Crippen molar-refractivity contribution in [1.29, 1.82) is 0 Å². The highest BCUT2D eigenvalue weighted by Gasteiger charge is 2.29. The Hall–Kier alpha value is 0.130. The molecule has 0 aromatic carbocycles. The molecule has 2 aliphatic heterocycles. The largest absolute Gasteiger partial charge is 0.359 e. The monoisotopic (exact) mass is 274 g/mol. The lowest BCUT2D eigenvalue weighted by molar-refractivity contribution is -0.121. The van der Waals surface area contributed by atoms with E-state index < -0.39 is 0 Å². The molecular formula is C12H22N2OS2. The quantitative estimate of drug-likeness (QED) is 0.841. The van der Waals surface area contributed by atoms with Crippen molar-refractivity contribution in [1.82, 2.24) is 10.2 Å². The Morgan fingerprint density at radius 2 is 2.06 bits per heavy atom. The maximum absolute atomic E-state index is 11.4. The van der Waals surface area contributed by atoms with Crippen LogP contribution in [0.1, 0.15) is 12.8 Å². The SMILES string of the molecule is CNC(=O)C[C@H]1CCN(C2CSCCSC2)C1. The smallest absolute Gasteiger partial charge is 0.220 e. The molecule has 3 nitrogen and oxygen atoms in total. The van der Waals surface area contributed by atoms with Gasteiger partial charge >= 0.3 is 0 Å². The van der Waals surface area contributed by atoms with Gasteiger partial charge in [-0.05, 0) is 18.9 Å². The molecule has 1 amide bonds. The van der Waals surface area contributed by atoms with Crippen LogP contribution in [0, 0.1) is 5.92 Å². The summed E-state index contributed by atoms with van der Waals surface area (Å²) in [5.41, 5.74) is 0. The van der Waals surface area contributed by atoms with Crippen LogP contribution in [0.2, 0.25) is 0 Å². The maximum atomic E-state index is 11.4. The summed E-state index contributed by atoms with van der Waals surface area (Å²) in [6.07, 6.45) is 1.90. The molecule has 0 radical (unpaired) electrons. The highest BCUT2D eigenvalue weighted by molar-refractivity contribution is 8.03. The molecule has 17 heavy (non-hydrogen) atoms. The zero-order valence-corrected chi connectivity index (χ0v) is 12.1. The van der Waals surface area contributed by atoms with Crippen molar-refractivity contribution in [3.63, 3.8) is 0 Å². The third kappa shape index (κ3) is 4.07. The van der Waals surface area contributed by atoms with Gasteiger partial charge in [0.2, 0.25) is 5.91 Å². The highest BCUT2D eigenvalue weighted by atomic mass is 32.2. The Labute approximate surface area is 112 Å². The van der Waals surface area contributed by atoms with E-state index in [4.69, 9.17) is 0 Å². The molecule has 5 heteroatoms. The van der Waals surface area contributed by atoms with Gasteiger partial charge in [-0.3, -0.25) is 9.69 Å². The van der Waals surface area contributed by atoms with Crippen molar-refractivity contribution in [3.8, 4) is 0 Å². The van der Waals surface area contributed by atoms with Crippen LogP contribution in [0.15, 0.2) is 0 Å². The van der Waals surface area contributed by atoms with E-state index >= 15 is 0 Å². The van der Waals surface area contributed by atoms with Crippen molar-refractivity contribution in [3.05, 3.63) is 0 Å². The molecule has 0 aliphatic carbocycles. The van der Waals surface area contributed by atoms with Crippen LogP contribution in [0.3, 0.4) is 0 Å². The molecule has 2 aliphatic rings. The topological polar surface area (TPSA) is 32.3 Å². The number of amides is 1. The zero-order valence-electron chi connectivity index (χ0n) is 10.5. The summed E-state index contributed by atoms with van der Waals surface area (Å²) >= 11 is 4.18. The van der Waals surface area contributed by atoms with Gasteiger partial charge in [-0.2, -0.15) is 23.5 Å². The lowest BCUT2D eigenvalue weighted by atomic mass is 10.0. The highest BCUT2D eigenvalue weighted by Crippen LogP contribution is 2.26. The minimum atomic E-state index is 0.196. The summed E-state index contributed by atoms with van der Waals surface area (Å²) in [6.45, 7) is 2.31. The molecule has 2 saturated heterocycles. The van der Waals surface area contributed by atoms with E-state index in [0.29, 0.717) is 12.3 Å². The van der Waals surface area contributed by atoms with Gasteiger partial charge in [0.1, 0.15) is 0 Å². The number of nitrogens with zero attached hydrogens (tertiary/aromatic N) is 1. The Morgan fingerprint density at radius 1 is 1.35 bits per heavy atom. The molecule has 0 saturated carbocycles. The second kappa shape index (κ2) is 6.90. The number of nitrogens with one attached hydrogen (secondary N) is 1. The van der Waals surface area contributed by atoms with Gasteiger partial charge in [-0.25, -0.2) is 0 Å². The van der Waals surface area contributed by atoms with E-state index in [1.807, 2.05) is 0 Å². The second-order valence-electron chi connectivity index (χ2n) is 4.83. The van der Waals surface area contributed by atoms with Crippen LogP contribution in [-0.4, -0.2) is 60.0 Å². The van der Waals surface area contributed by atoms with E-state index in [0.717, 1.165) is 12.6 Å². The van der Waals surface area contributed by atoms with Crippen molar-refractivity contribution in [2.24, 2.45) is 5.92 Å². The maximum Gasteiger partial charge on any atom is 0.220 e. The fourth-order valence-electron chi connectivity index (χ4n) is 2.54. The number of carbonyl (C=O) groups is 1. The third-order valence-corrected chi connectivity index (χ3v) is 6.06. The standard InChI is InChI=1S/C12H22N2OS2/c1-13-12(15)6-10-2-3-14(7-10)11-8-16-4-5-17-9-11/h10-11H,2-9H2,1H3,(H,13,15)/t10-/m1/s1. The van der Waals surface area contributed by atoms with Gasteiger partial charge < -0.3 is 5.32 Å². The summed E-state index contributed by atoms with van der Waals surface area (Å²) in [7, 11) is 1.73. The number of rotatable bonds is 3. The van der Waals surface area contributed by atoms with E-state index in [1.54, 1.807) is 7.05 Å². The fraction of sp³-hybridized carbons (Fsp3) is 0.917. The van der Waals surface area contributed by atoms with Gasteiger partial charge in [0.25, 0.3) is 0 Å². The van der Waals surface area contributed by atoms with Gasteiger partial charge in [0, 0.05) is 49.1 Å². The lowest BCUT2D eigenvalue weighted by Gasteiger charge is -2.25. The predicted octanol–water partition coefficient (Wildman–Crippen LogP) is 1.29. The molecular weight excluding hydrogens is 252 g/mol. The molecule has 0 bridgehead atoms. The van der Waals surface area contributed by atoms with Gasteiger partial charge in [0.15, 0.2) is 0 Å². The number of carbonyl (C=O) groups excluding carboxylic acids is 1. The summed E-state index contributed by atoms with van der Waals surface area (Å²) in [6, 6.07) is 0.738. The van der Waals surface area contributed by atoms with E-state index in [-0.39, 0.29) is 5.91 Å². The number of hydrogen-bond acceptors (Lipinski definition) is 4. The van der Waals surface area contributed by atoms with Crippen molar-refractivity contribution < 1.29 is 4.79 Å². The molecule has 1 atom stereocenters. The molecule has 0 unspecified atom stereocenters. The first kappa shape index (κ1) is 13.6. The molecule has 0 spiro atoms. The molecule has 2 rings (SSSR count). The number of likely N-dealkylation sites (tertiary alicyclic amines) is 1. The summed E-state index contributed by atoms with van der Waals surface area (Å²) < 4.78 is 0. The Balaban J connectivity index is 1.78. The van der Waals surface area contributed by atoms with Crippen LogP contribution >= 0.6 is 23.5 Å². The van der Waals surface area contributed by atoms with Crippen molar-refractivity contribution in [2.75, 3.05) is 43.1 Å². The average molecular weight is 274 g/mol. The normalized spacial score (nSPS) is 27.9. The fourth-order valence-corrected chi connectivity index (χ4v) is 5.17. The predicted molar refractivity (Wildman–Crippen MR) is 76.8 cm³/mol. The number of hydrogen-bond donors (Lipinski definition) is 1. The van der Waals surface area contributed by atoms with E-state index in [2.05, 4.69) is 33.7 Å². The minimum Gasteiger partial charge on any atom is -0.359 e. The Bertz CT molecular complexity index is 255. The first-order valence-corrected chi connectivity index (χ1v) is 8.70. The minimum absolute atomic E-state index is 0.196. The Kier molecular flexibility index (Phi) is 5.50. The summed E-state index contributed by atoms with van der Waals surface area (Å²) in [4.78, 5) is 14.0. The van der Waals surface area contributed by atoms with Gasteiger partial charge in [-0.1, -0.05) is 0 Å². The molecule has 2 heterocycles. The molecule has 0 aromatic heterocycles. The van der Waals surface area contributed by atoms with E-state index in [1.165, 1.54) is 36.0 Å². The van der Waals surface area contributed by atoms with Crippen LogP contribution in [0.25, 0.3) is 0 Å². The molecule has 1 N–H and O–H groups in total. The van der Waals surface area contributed by atoms with Gasteiger partial charge in [0.05, 0.1) is 0 Å². The molecule has 2 fully saturated rings. The van der Waals surface area contributed by atoms with Crippen molar-refractivity contribution in [2.45, 2.75) is 18.9 Å². The van der Waals surface area contributed by atoms with Crippen LogP contribution in [0.5, 0.6) is 0 Å². The van der Waals surface area contributed by atoms with E-state index in [9.17, 15) is 4.79 Å². The summed E-state index contributed by atoms with van der Waals surface area (Å²) in [5.74, 6) is 5.93. The van der Waals surface area contributed by atoms with Crippen LogP contribution in [-0.2, 0) is 4.79 Å². The lowest BCUT2D eigenvalue weighted by Crippen LogP contribution is -2.37. The first-order valence-electron chi connectivity index (χ1n) is 6.39. The second-order valence-corrected chi connectivity index (χ2v) is 7.13.